The van der Waals surface area contributed by atoms with Gasteiger partial charge >= 0.3 is 0 Å². The third-order valence-corrected chi connectivity index (χ3v) is 6.78. The Bertz CT molecular complexity index is 1070. The molecular formula is C22H27N3O3S. The lowest BCUT2D eigenvalue weighted by atomic mass is 10.2. The van der Waals surface area contributed by atoms with Crippen LogP contribution in [0.5, 0.6) is 0 Å². The van der Waals surface area contributed by atoms with E-state index < -0.39 is 0 Å². The molecule has 6 nitrogen and oxygen atoms in total. The van der Waals surface area contributed by atoms with Gasteiger partial charge in [-0.05, 0) is 43.9 Å². The summed E-state index contributed by atoms with van der Waals surface area (Å²) in [5.74, 6) is 1.58. The normalized spacial score (nSPS) is 14.0. The van der Waals surface area contributed by atoms with Crippen LogP contribution in [-0.2, 0) is 19.5 Å². The first-order valence-corrected chi connectivity index (χ1v) is 11.3. The Morgan fingerprint density at radius 1 is 1.34 bits per heavy atom. The molecule has 3 aromatic heterocycles. The molecule has 0 aliphatic carbocycles. The Morgan fingerprint density at radius 2 is 2.21 bits per heavy atom. The lowest BCUT2D eigenvalue weighted by molar-refractivity contribution is 0.0733. The zero-order valence-electron chi connectivity index (χ0n) is 17.1. The largest absolute Gasteiger partial charge is 0.467 e. The van der Waals surface area contributed by atoms with Crippen LogP contribution in [0.25, 0.3) is 10.2 Å². The van der Waals surface area contributed by atoms with E-state index in [0.29, 0.717) is 28.2 Å². The molecule has 1 aliphatic rings. The first kappa shape index (κ1) is 19.9. The Balaban J connectivity index is 1.73. The molecule has 1 aliphatic heterocycles. The minimum Gasteiger partial charge on any atom is -0.467 e. The maximum Gasteiger partial charge on any atom is 0.264 e. The Kier molecular flexibility index (Phi) is 5.85. The van der Waals surface area contributed by atoms with Crippen molar-refractivity contribution in [2.24, 2.45) is 0 Å². The predicted molar refractivity (Wildman–Crippen MR) is 115 cm³/mol. The maximum atomic E-state index is 13.4. The number of unbranched alkanes of at least 4 members (excludes halogenated alkanes) is 1. The summed E-state index contributed by atoms with van der Waals surface area (Å²) < 4.78 is 7.28. The molecule has 0 saturated heterocycles. The average molecular weight is 414 g/mol. The molecule has 0 aromatic carbocycles. The quantitative estimate of drug-likeness (QED) is 0.595. The van der Waals surface area contributed by atoms with Gasteiger partial charge in [-0.2, -0.15) is 0 Å². The molecule has 0 N–H and O–H groups in total. The third-order valence-electron chi connectivity index (χ3n) is 5.60. The number of carbonyl (C=O) groups is 1. The lowest BCUT2D eigenvalue weighted by Gasteiger charge is -2.21. The van der Waals surface area contributed by atoms with Crippen molar-refractivity contribution < 1.29 is 9.21 Å². The van der Waals surface area contributed by atoms with Gasteiger partial charge in [0.1, 0.15) is 16.4 Å². The SMILES string of the molecule is CCCCN(Cc1ccco1)C(=O)c1sc2nc3n(c(=O)c2c1C)CCCCC3. The van der Waals surface area contributed by atoms with Crippen molar-refractivity contribution in [2.75, 3.05) is 6.54 Å². The standard InChI is InChI=1S/C22H27N3O3S/c1-3-4-11-24(14-16-9-8-13-28-16)22(27)19-15(2)18-20(29-19)23-17-10-6-5-7-12-25(17)21(18)26/h8-9,13H,3-7,10-12,14H2,1-2H3. The van der Waals surface area contributed by atoms with Crippen molar-refractivity contribution in [3.63, 3.8) is 0 Å². The highest BCUT2D eigenvalue weighted by atomic mass is 32.1. The van der Waals surface area contributed by atoms with E-state index in [-0.39, 0.29) is 11.5 Å². The lowest BCUT2D eigenvalue weighted by Crippen LogP contribution is -2.31. The van der Waals surface area contributed by atoms with Crippen molar-refractivity contribution in [1.29, 1.82) is 0 Å². The molecule has 0 spiro atoms. The number of hydrogen-bond donors (Lipinski definition) is 0. The van der Waals surface area contributed by atoms with E-state index in [0.717, 1.165) is 62.2 Å². The van der Waals surface area contributed by atoms with Crippen LogP contribution in [0.3, 0.4) is 0 Å². The van der Waals surface area contributed by atoms with Crippen LogP contribution in [0.15, 0.2) is 27.6 Å². The molecule has 4 rings (SSSR count). The van der Waals surface area contributed by atoms with E-state index in [1.807, 2.05) is 28.5 Å². The monoisotopic (exact) mass is 413 g/mol. The first-order valence-electron chi connectivity index (χ1n) is 10.4. The summed E-state index contributed by atoms with van der Waals surface area (Å²) >= 11 is 1.35. The summed E-state index contributed by atoms with van der Waals surface area (Å²) in [6.45, 7) is 5.80. The Labute approximate surface area is 174 Å². The summed E-state index contributed by atoms with van der Waals surface area (Å²) in [6.07, 6.45) is 7.56. The fraction of sp³-hybridized carbons (Fsp3) is 0.500. The van der Waals surface area contributed by atoms with Gasteiger partial charge in [-0.3, -0.25) is 14.2 Å². The van der Waals surface area contributed by atoms with Gasteiger partial charge in [0.05, 0.1) is 23.1 Å². The highest BCUT2D eigenvalue weighted by molar-refractivity contribution is 7.20. The highest BCUT2D eigenvalue weighted by Crippen LogP contribution is 2.30. The molecule has 154 valence electrons. The fourth-order valence-corrected chi connectivity index (χ4v) is 5.11. The molecule has 0 bridgehead atoms. The number of thiophene rings is 1. The number of nitrogens with zero attached hydrogens (tertiary/aromatic N) is 3. The number of fused-ring (bicyclic) bond motifs is 2. The second kappa shape index (κ2) is 8.53. The van der Waals surface area contributed by atoms with E-state index in [4.69, 9.17) is 9.40 Å². The topological polar surface area (TPSA) is 68.3 Å². The van der Waals surface area contributed by atoms with Crippen LogP contribution in [0.2, 0.25) is 0 Å². The second-order valence-corrected chi connectivity index (χ2v) is 8.69. The van der Waals surface area contributed by atoms with Gasteiger partial charge in [-0.15, -0.1) is 11.3 Å². The van der Waals surface area contributed by atoms with Crippen molar-refractivity contribution in [2.45, 2.75) is 65.5 Å². The minimum absolute atomic E-state index is 0.00541. The van der Waals surface area contributed by atoms with E-state index in [1.54, 1.807) is 6.26 Å². The molecule has 0 radical (unpaired) electrons. The van der Waals surface area contributed by atoms with E-state index >= 15 is 0 Å². The molecule has 3 aromatic rings. The number of furan rings is 1. The van der Waals surface area contributed by atoms with Gasteiger partial charge < -0.3 is 9.32 Å². The van der Waals surface area contributed by atoms with Gasteiger partial charge in [0, 0.05) is 19.5 Å². The smallest absolute Gasteiger partial charge is 0.264 e. The van der Waals surface area contributed by atoms with Crippen molar-refractivity contribution >= 4 is 27.5 Å². The highest BCUT2D eigenvalue weighted by Gasteiger charge is 2.25. The molecular weight excluding hydrogens is 386 g/mol. The van der Waals surface area contributed by atoms with Crippen LogP contribution in [0, 0.1) is 6.92 Å². The molecule has 0 fully saturated rings. The maximum absolute atomic E-state index is 13.4. The summed E-state index contributed by atoms with van der Waals surface area (Å²) in [4.78, 5) is 34.5. The summed E-state index contributed by atoms with van der Waals surface area (Å²) in [5.41, 5.74) is 0.763. The van der Waals surface area contributed by atoms with E-state index in [2.05, 4.69) is 6.92 Å². The van der Waals surface area contributed by atoms with Gasteiger partial charge in [0.25, 0.3) is 11.5 Å². The number of amides is 1. The molecule has 4 heterocycles. The summed E-state index contributed by atoms with van der Waals surface area (Å²) in [7, 11) is 0. The van der Waals surface area contributed by atoms with Crippen molar-refractivity contribution in [3.8, 4) is 0 Å². The zero-order valence-corrected chi connectivity index (χ0v) is 17.9. The van der Waals surface area contributed by atoms with Gasteiger partial charge in [0.15, 0.2) is 0 Å². The summed E-state index contributed by atoms with van der Waals surface area (Å²) in [5, 5.41) is 0.609. The molecule has 29 heavy (non-hydrogen) atoms. The Hall–Kier alpha value is -2.41. The van der Waals surface area contributed by atoms with Gasteiger partial charge in [-0.25, -0.2) is 4.98 Å². The molecule has 0 saturated carbocycles. The van der Waals surface area contributed by atoms with Crippen LogP contribution in [0.4, 0.5) is 0 Å². The molecule has 0 unspecified atom stereocenters. The number of aryl methyl sites for hydroxylation is 2. The molecule has 7 heteroatoms. The molecule has 0 atom stereocenters. The number of hydrogen-bond acceptors (Lipinski definition) is 5. The van der Waals surface area contributed by atoms with E-state index in [9.17, 15) is 9.59 Å². The first-order chi connectivity index (χ1) is 14.1. The number of aromatic nitrogens is 2. The second-order valence-electron chi connectivity index (χ2n) is 7.69. The fourth-order valence-electron chi connectivity index (χ4n) is 3.95. The van der Waals surface area contributed by atoms with Gasteiger partial charge in [-0.1, -0.05) is 19.8 Å². The van der Waals surface area contributed by atoms with E-state index in [1.165, 1.54) is 11.3 Å². The average Bonchev–Trinajstić information content (AvgIpc) is 3.26. The summed E-state index contributed by atoms with van der Waals surface area (Å²) in [6, 6.07) is 3.72. The third kappa shape index (κ3) is 3.88. The predicted octanol–water partition coefficient (Wildman–Crippen LogP) is 4.53. The van der Waals surface area contributed by atoms with Crippen LogP contribution in [0.1, 0.15) is 65.8 Å². The van der Waals surface area contributed by atoms with Crippen LogP contribution >= 0.6 is 11.3 Å². The minimum atomic E-state index is -0.0463. The number of carbonyl (C=O) groups excluding carboxylic acids is 1. The number of rotatable bonds is 6. The van der Waals surface area contributed by atoms with Crippen LogP contribution in [-0.4, -0.2) is 26.9 Å². The van der Waals surface area contributed by atoms with Crippen LogP contribution < -0.4 is 5.56 Å². The molecule has 1 amide bonds. The van der Waals surface area contributed by atoms with Gasteiger partial charge in [0.2, 0.25) is 0 Å². The van der Waals surface area contributed by atoms with Crippen molar-refractivity contribution in [1.82, 2.24) is 14.5 Å². The zero-order chi connectivity index (χ0) is 20.4. The Morgan fingerprint density at radius 3 is 2.97 bits per heavy atom. The van der Waals surface area contributed by atoms with Crippen molar-refractivity contribution in [3.05, 3.63) is 50.8 Å².